The fourth-order valence-electron chi connectivity index (χ4n) is 10.2. The van der Waals surface area contributed by atoms with Gasteiger partial charge in [0.05, 0.1) is 22.7 Å². The molecule has 0 aliphatic carbocycles. The molecule has 0 bridgehead atoms. The van der Waals surface area contributed by atoms with Gasteiger partial charge in [0.15, 0.2) is 0 Å². The number of hydrogen-bond acceptors (Lipinski definition) is 9. The van der Waals surface area contributed by atoms with E-state index >= 15 is 0 Å². The van der Waals surface area contributed by atoms with Crippen molar-refractivity contribution in [1.29, 1.82) is 0 Å². The maximum absolute atomic E-state index is 6.75. The fourth-order valence-corrected chi connectivity index (χ4v) is 12.5. The molecule has 7 heterocycles. The zero-order chi connectivity index (χ0) is 43.7. The number of nitrogens with zero attached hydrogens (tertiary/aromatic N) is 4. The van der Waals surface area contributed by atoms with Crippen LogP contribution >= 0.6 is 22.7 Å². The number of thiophene rings is 2. The highest BCUT2D eigenvalue weighted by Gasteiger charge is 2.24. The van der Waals surface area contributed by atoms with E-state index in [1.807, 2.05) is 59.3 Å². The van der Waals surface area contributed by atoms with Crippen molar-refractivity contribution in [2.75, 3.05) is 9.80 Å². The largest absolute Gasteiger partial charge is 0.456 e. The van der Waals surface area contributed by atoms with Crippen LogP contribution in [0.5, 0.6) is 0 Å². The zero-order valence-corrected chi connectivity index (χ0v) is 36.9. The van der Waals surface area contributed by atoms with Crippen LogP contribution in [-0.4, -0.2) is 9.97 Å². The van der Waals surface area contributed by atoms with Crippen LogP contribution in [0.25, 0.3) is 106 Å². The summed E-state index contributed by atoms with van der Waals surface area (Å²) >= 11 is 3.62. The van der Waals surface area contributed by atoms with Crippen LogP contribution in [0, 0.1) is 0 Å². The molecule has 8 aromatic carbocycles. The third kappa shape index (κ3) is 5.50. The summed E-state index contributed by atoms with van der Waals surface area (Å²) in [6.07, 6.45) is 3.69. The Hall–Kier alpha value is -8.50. The van der Waals surface area contributed by atoms with Crippen LogP contribution in [-0.2, 0) is 0 Å². The smallest absolute Gasteiger partial charge is 0.137 e. The molecule has 15 aromatic rings. The number of rotatable bonds is 6. The molecule has 0 unspecified atom stereocenters. The lowest BCUT2D eigenvalue weighted by atomic mass is 10.1. The molecule has 0 aliphatic heterocycles. The standard InChI is InChI=1S/C58H32N4O3S2/c1-3-15-51-37(11-1)57-43(13-9-17-53(57)66-51)61(55-19-5-7-25-59-55)33-21-23-35-39-29-49-41(31-47(39)63-45(35)27-33)42-32-48-40(30-50(42)65-49)36-24-22-34(28-46(36)64-48)62(56-20-6-8-26-60-56)44-14-10-18-54-58(44)38-12-2-4-16-52(38)67-54/h1-32H. The first-order valence-corrected chi connectivity index (χ1v) is 23.7. The highest BCUT2D eigenvalue weighted by Crippen LogP contribution is 2.48. The van der Waals surface area contributed by atoms with Crippen LogP contribution in [0.1, 0.15) is 0 Å². The molecule has 314 valence electrons. The Labute approximate surface area is 388 Å². The minimum Gasteiger partial charge on any atom is -0.456 e. The molecule has 0 saturated carbocycles. The van der Waals surface area contributed by atoms with Gasteiger partial charge in [0.2, 0.25) is 0 Å². The van der Waals surface area contributed by atoms with E-state index in [1.54, 1.807) is 0 Å². The monoisotopic (exact) mass is 896 g/mol. The number of aromatic nitrogens is 2. The molecular weight excluding hydrogens is 865 g/mol. The summed E-state index contributed by atoms with van der Waals surface area (Å²) in [4.78, 5) is 14.2. The summed E-state index contributed by atoms with van der Waals surface area (Å²) in [7, 11) is 0. The highest BCUT2D eigenvalue weighted by molar-refractivity contribution is 7.26. The second-order valence-electron chi connectivity index (χ2n) is 16.9. The molecule has 0 N–H and O–H groups in total. The van der Waals surface area contributed by atoms with Gasteiger partial charge < -0.3 is 13.3 Å². The van der Waals surface area contributed by atoms with Gasteiger partial charge in [-0.05, 0) is 109 Å². The Morgan fingerprint density at radius 1 is 0.313 bits per heavy atom. The molecule has 67 heavy (non-hydrogen) atoms. The lowest BCUT2D eigenvalue weighted by Gasteiger charge is -2.25. The second-order valence-corrected chi connectivity index (χ2v) is 19.1. The number of hydrogen-bond donors (Lipinski definition) is 0. The molecule has 0 saturated heterocycles. The molecule has 15 rings (SSSR count). The summed E-state index contributed by atoms with van der Waals surface area (Å²) in [6.45, 7) is 0. The Morgan fingerprint density at radius 2 is 0.701 bits per heavy atom. The van der Waals surface area contributed by atoms with E-state index in [1.165, 1.54) is 40.3 Å². The quantitative estimate of drug-likeness (QED) is 0.165. The number of benzene rings is 8. The first-order chi connectivity index (χ1) is 33.2. The molecule has 7 nitrogen and oxygen atoms in total. The SMILES string of the molecule is c1ccc(N(c2ccc3c(c2)oc2cc4c(cc23)oc2cc3c(cc24)oc2cc(N(c4ccccn4)c4cccc5sc6ccccc6c45)ccc23)c2cccc3sc4ccccc4c23)nc1. The van der Waals surface area contributed by atoms with E-state index in [2.05, 4.69) is 168 Å². The van der Waals surface area contributed by atoms with E-state index in [9.17, 15) is 0 Å². The van der Waals surface area contributed by atoms with Crippen molar-refractivity contribution in [2.24, 2.45) is 0 Å². The lowest BCUT2D eigenvalue weighted by Crippen LogP contribution is -2.11. The minimum atomic E-state index is 0.784. The number of furan rings is 3. The molecule has 9 heteroatoms. The molecule has 0 atom stereocenters. The average molecular weight is 897 g/mol. The summed E-state index contributed by atoms with van der Waals surface area (Å²) < 4.78 is 25.2. The number of pyridine rings is 2. The topological polar surface area (TPSA) is 71.7 Å². The molecular formula is C58H32N4O3S2. The van der Waals surface area contributed by atoms with Gasteiger partial charge in [-0.25, -0.2) is 9.97 Å². The first-order valence-electron chi connectivity index (χ1n) is 22.1. The van der Waals surface area contributed by atoms with Crippen molar-refractivity contribution in [3.63, 3.8) is 0 Å². The highest BCUT2D eigenvalue weighted by atomic mass is 32.1. The summed E-state index contributed by atoms with van der Waals surface area (Å²) in [5.41, 5.74) is 8.77. The third-order valence-electron chi connectivity index (χ3n) is 13.1. The molecule has 0 spiro atoms. The Bertz CT molecular complexity index is 4200. The summed E-state index contributed by atoms with van der Waals surface area (Å²) in [6, 6.07) is 63.6. The van der Waals surface area contributed by atoms with Crippen molar-refractivity contribution in [3.05, 3.63) is 194 Å². The van der Waals surface area contributed by atoms with Crippen molar-refractivity contribution >= 4 is 163 Å². The zero-order valence-electron chi connectivity index (χ0n) is 35.3. The van der Waals surface area contributed by atoms with Gasteiger partial charge in [-0.3, -0.25) is 9.80 Å². The van der Waals surface area contributed by atoms with Gasteiger partial charge in [-0.2, -0.15) is 0 Å². The fraction of sp³-hybridized carbons (Fsp3) is 0. The van der Waals surface area contributed by atoms with Crippen molar-refractivity contribution in [2.45, 2.75) is 0 Å². The van der Waals surface area contributed by atoms with Crippen molar-refractivity contribution in [1.82, 2.24) is 9.97 Å². The lowest BCUT2D eigenvalue weighted by molar-refractivity contribution is 0.662. The minimum absolute atomic E-state index is 0.784. The van der Waals surface area contributed by atoms with Crippen LogP contribution in [0.3, 0.4) is 0 Å². The van der Waals surface area contributed by atoms with Crippen LogP contribution < -0.4 is 9.80 Å². The third-order valence-corrected chi connectivity index (χ3v) is 15.4. The summed E-state index contributed by atoms with van der Waals surface area (Å²) in [5, 5.41) is 10.8. The van der Waals surface area contributed by atoms with Gasteiger partial charge in [-0.1, -0.05) is 60.7 Å². The first kappa shape index (κ1) is 36.8. The molecule has 0 fully saturated rings. The van der Waals surface area contributed by atoms with Gasteiger partial charge in [0.25, 0.3) is 0 Å². The molecule has 7 aromatic heterocycles. The van der Waals surface area contributed by atoms with Crippen LogP contribution in [0.15, 0.2) is 208 Å². The van der Waals surface area contributed by atoms with Gasteiger partial charge >= 0.3 is 0 Å². The average Bonchev–Trinajstić information content (AvgIpc) is 4.19. The van der Waals surface area contributed by atoms with Gasteiger partial charge in [-0.15, -0.1) is 22.7 Å². The van der Waals surface area contributed by atoms with E-state index in [0.717, 1.165) is 100 Å². The normalized spacial score (nSPS) is 12.2. The van der Waals surface area contributed by atoms with E-state index in [-0.39, 0.29) is 0 Å². The Kier molecular flexibility index (Phi) is 7.69. The van der Waals surface area contributed by atoms with E-state index in [0.29, 0.717) is 0 Å². The second kappa shape index (κ2) is 14.0. The molecule has 0 radical (unpaired) electrons. The molecule has 0 aliphatic rings. The summed E-state index contributed by atoms with van der Waals surface area (Å²) in [5.74, 6) is 1.65. The Balaban J connectivity index is 0.852. The van der Waals surface area contributed by atoms with E-state index in [4.69, 9.17) is 23.2 Å². The van der Waals surface area contributed by atoms with Crippen LogP contribution in [0.4, 0.5) is 34.4 Å². The number of anilines is 6. The van der Waals surface area contributed by atoms with Crippen molar-refractivity contribution in [3.8, 4) is 0 Å². The molecule has 0 amide bonds. The van der Waals surface area contributed by atoms with Gasteiger partial charge in [0.1, 0.15) is 45.1 Å². The maximum Gasteiger partial charge on any atom is 0.137 e. The van der Waals surface area contributed by atoms with Gasteiger partial charge in [0, 0.05) is 97.2 Å². The maximum atomic E-state index is 6.75. The predicted octanol–water partition coefficient (Wildman–Crippen LogP) is 17.9. The van der Waals surface area contributed by atoms with Crippen molar-refractivity contribution < 1.29 is 13.3 Å². The van der Waals surface area contributed by atoms with E-state index < -0.39 is 0 Å². The van der Waals surface area contributed by atoms with Crippen LogP contribution in [0.2, 0.25) is 0 Å². The predicted molar refractivity (Wildman–Crippen MR) is 279 cm³/mol. The Morgan fingerprint density at radius 3 is 1.13 bits per heavy atom. The number of fused-ring (bicyclic) bond motifs is 15.